The maximum absolute atomic E-state index is 12.3. The lowest BCUT2D eigenvalue weighted by Gasteiger charge is -2.12. The highest BCUT2D eigenvalue weighted by Gasteiger charge is 2.28. The zero-order valence-corrected chi connectivity index (χ0v) is 13.5. The molecule has 0 aliphatic heterocycles. The fraction of sp³-hybridized carbons (Fsp3) is 0.222. The van der Waals surface area contributed by atoms with Crippen molar-refractivity contribution >= 4 is 17.5 Å². The zero-order valence-electron chi connectivity index (χ0n) is 13.5. The largest absolute Gasteiger partial charge is 0.405 e. The molecule has 0 aliphatic carbocycles. The van der Waals surface area contributed by atoms with Crippen LogP contribution < -0.4 is 10.6 Å². The molecule has 0 atom stereocenters. The standard InChI is InChI=1S/C18H17F3N2O2/c1-2-12-7-9-13(10-8-12)16(24)23-15-6-4-3-5-14(15)17(25)22-11-18(19,20)21/h3-10H,2,11H2,1H3,(H,22,25)(H,23,24). The first-order chi connectivity index (χ1) is 11.8. The van der Waals surface area contributed by atoms with Gasteiger partial charge in [-0.2, -0.15) is 13.2 Å². The zero-order chi connectivity index (χ0) is 18.4. The first-order valence-electron chi connectivity index (χ1n) is 7.64. The fourth-order valence-corrected chi connectivity index (χ4v) is 2.15. The summed E-state index contributed by atoms with van der Waals surface area (Å²) in [7, 11) is 0. The van der Waals surface area contributed by atoms with Gasteiger partial charge in [0.2, 0.25) is 0 Å². The van der Waals surface area contributed by atoms with Gasteiger partial charge in [0.05, 0.1) is 11.3 Å². The summed E-state index contributed by atoms with van der Waals surface area (Å²) < 4.78 is 36.7. The van der Waals surface area contributed by atoms with Gasteiger partial charge in [-0.25, -0.2) is 0 Å². The topological polar surface area (TPSA) is 58.2 Å². The maximum Gasteiger partial charge on any atom is 0.405 e. The van der Waals surface area contributed by atoms with Crippen LogP contribution in [-0.2, 0) is 6.42 Å². The van der Waals surface area contributed by atoms with Crippen molar-refractivity contribution in [2.45, 2.75) is 19.5 Å². The van der Waals surface area contributed by atoms with E-state index in [-0.39, 0.29) is 11.3 Å². The smallest absolute Gasteiger partial charge is 0.343 e. The van der Waals surface area contributed by atoms with E-state index in [1.54, 1.807) is 23.5 Å². The normalized spacial score (nSPS) is 11.0. The Morgan fingerprint density at radius 2 is 1.60 bits per heavy atom. The second-order valence-corrected chi connectivity index (χ2v) is 5.35. The molecule has 0 unspecified atom stereocenters. The van der Waals surface area contributed by atoms with Gasteiger partial charge in [0.1, 0.15) is 6.54 Å². The van der Waals surface area contributed by atoms with Crippen molar-refractivity contribution in [1.82, 2.24) is 5.32 Å². The second kappa shape index (κ2) is 7.83. The van der Waals surface area contributed by atoms with E-state index in [2.05, 4.69) is 5.32 Å². The molecule has 2 aromatic carbocycles. The monoisotopic (exact) mass is 350 g/mol. The molecule has 2 rings (SSSR count). The number of rotatable bonds is 5. The highest BCUT2D eigenvalue weighted by molar-refractivity contribution is 6.09. The predicted octanol–water partition coefficient (Wildman–Crippen LogP) is 3.79. The number of para-hydroxylation sites is 1. The number of aryl methyl sites for hydroxylation is 1. The summed E-state index contributed by atoms with van der Waals surface area (Å²) in [4.78, 5) is 24.2. The molecule has 0 aromatic heterocycles. The van der Waals surface area contributed by atoms with Crippen molar-refractivity contribution in [2.75, 3.05) is 11.9 Å². The minimum Gasteiger partial charge on any atom is -0.343 e. The molecular formula is C18H17F3N2O2. The average Bonchev–Trinajstić information content (AvgIpc) is 2.59. The first kappa shape index (κ1) is 18.5. The number of anilines is 1. The van der Waals surface area contributed by atoms with Crippen molar-refractivity contribution in [3.63, 3.8) is 0 Å². The summed E-state index contributed by atoms with van der Waals surface area (Å²) >= 11 is 0. The molecule has 2 N–H and O–H groups in total. The van der Waals surface area contributed by atoms with Crippen molar-refractivity contribution in [3.8, 4) is 0 Å². The Morgan fingerprint density at radius 3 is 2.20 bits per heavy atom. The summed E-state index contributed by atoms with van der Waals surface area (Å²) in [6, 6.07) is 12.8. The van der Waals surface area contributed by atoms with Gasteiger partial charge in [0, 0.05) is 5.56 Å². The number of hydrogen-bond acceptors (Lipinski definition) is 2. The third-order valence-electron chi connectivity index (χ3n) is 3.49. The highest BCUT2D eigenvalue weighted by Crippen LogP contribution is 2.18. The van der Waals surface area contributed by atoms with Gasteiger partial charge in [-0.1, -0.05) is 31.2 Å². The van der Waals surface area contributed by atoms with Crippen LogP contribution >= 0.6 is 0 Å². The number of carbonyl (C=O) groups excluding carboxylic acids is 2. The molecule has 25 heavy (non-hydrogen) atoms. The maximum atomic E-state index is 12.3. The molecule has 7 heteroatoms. The molecular weight excluding hydrogens is 333 g/mol. The third kappa shape index (κ3) is 5.34. The van der Waals surface area contributed by atoms with Crippen molar-refractivity contribution in [3.05, 3.63) is 65.2 Å². The molecule has 2 aromatic rings. The Hall–Kier alpha value is -2.83. The molecule has 0 saturated carbocycles. The Morgan fingerprint density at radius 1 is 0.960 bits per heavy atom. The summed E-state index contributed by atoms with van der Waals surface area (Å²) in [5.41, 5.74) is 1.57. The van der Waals surface area contributed by atoms with Crippen LogP contribution in [0.3, 0.4) is 0 Å². The number of hydrogen-bond donors (Lipinski definition) is 2. The minimum atomic E-state index is -4.51. The van der Waals surface area contributed by atoms with Crippen molar-refractivity contribution in [2.24, 2.45) is 0 Å². The van der Waals surface area contributed by atoms with Crippen molar-refractivity contribution < 1.29 is 22.8 Å². The van der Waals surface area contributed by atoms with Crippen LogP contribution in [0.4, 0.5) is 18.9 Å². The lowest BCUT2D eigenvalue weighted by Crippen LogP contribution is -2.34. The molecule has 0 spiro atoms. The van der Waals surface area contributed by atoms with E-state index in [0.29, 0.717) is 5.56 Å². The van der Waals surface area contributed by atoms with E-state index >= 15 is 0 Å². The number of benzene rings is 2. The Bertz CT molecular complexity index is 756. The molecule has 0 radical (unpaired) electrons. The molecule has 2 amide bonds. The average molecular weight is 350 g/mol. The SMILES string of the molecule is CCc1ccc(C(=O)Nc2ccccc2C(=O)NCC(F)(F)F)cc1. The molecule has 0 bridgehead atoms. The number of alkyl halides is 3. The van der Waals surface area contributed by atoms with E-state index in [4.69, 9.17) is 0 Å². The van der Waals surface area contributed by atoms with Gasteiger partial charge in [-0.3, -0.25) is 9.59 Å². The van der Waals surface area contributed by atoms with Gasteiger partial charge >= 0.3 is 6.18 Å². The highest BCUT2D eigenvalue weighted by atomic mass is 19.4. The number of carbonyl (C=O) groups is 2. The minimum absolute atomic E-state index is 0.0368. The van der Waals surface area contributed by atoms with Gasteiger partial charge in [-0.15, -0.1) is 0 Å². The van der Waals surface area contributed by atoms with Crippen molar-refractivity contribution in [1.29, 1.82) is 0 Å². The Labute approximate surface area is 143 Å². The molecule has 4 nitrogen and oxygen atoms in total. The van der Waals surface area contributed by atoms with Gasteiger partial charge in [-0.05, 0) is 36.2 Å². The van der Waals surface area contributed by atoms with Gasteiger partial charge < -0.3 is 10.6 Å². The van der Waals surface area contributed by atoms with E-state index in [0.717, 1.165) is 12.0 Å². The molecule has 0 aliphatic rings. The van der Waals surface area contributed by atoms with Crippen LogP contribution in [0.15, 0.2) is 48.5 Å². The lowest BCUT2D eigenvalue weighted by molar-refractivity contribution is -0.123. The fourth-order valence-electron chi connectivity index (χ4n) is 2.15. The van der Waals surface area contributed by atoms with Crippen LogP contribution in [-0.4, -0.2) is 24.5 Å². The van der Waals surface area contributed by atoms with Crippen LogP contribution in [0.25, 0.3) is 0 Å². The van der Waals surface area contributed by atoms with Gasteiger partial charge in [0.25, 0.3) is 11.8 Å². The van der Waals surface area contributed by atoms with Crippen LogP contribution in [0.5, 0.6) is 0 Å². The molecule has 0 saturated heterocycles. The number of amides is 2. The Balaban J connectivity index is 2.14. The number of nitrogens with one attached hydrogen (secondary N) is 2. The summed E-state index contributed by atoms with van der Waals surface area (Å²) in [6.45, 7) is 0.553. The third-order valence-corrected chi connectivity index (χ3v) is 3.49. The second-order valence-electron chi connectivity index (χ2n) is 5.35. The first-order valence-corrected chi connectivity index (χ1v) is 7.64. The van der Waals surface area contributed by atoms with E-state index in [1.165, 1.54) is 18.2 Å². The lowest BCUT2D eigenvalue weighted by atomic mass is 10.1. The Kier molecular flexibility index (Phi) is 5.80. The summed E-state index contributed by atoms with van der Waals surface area (Å²) in [6.07, 6.45) is -3.67. The van der Waals surface area contributed by atoms with Crippen LogP contribution in [0, 0.1) is 0 Å². The van der Waals surface area contributed by atoms with E-state index in [9.17, 15) is 22.8 Å². The summed E-state index contributed by atoms with van der Waals surface area (Å²) in [5.74, 6) is -1.35. The quantitative estimate of drug-likeness (QED) is 0.862. The van der Waals surface area contributed by atoms with Crippen LogP contribution in [0.2, 0.25) is 0 Å². The molecule has 0 heterocycles. The number of halogens is 3. The predicted molar refractivity (Wildman–Crippen MR) is 88.6 cm³/mol. The van der Waals surface area contributed by atoms with Gasteiger partial charge in [0.15, 0.2) is 0 Å². The molecule has 132 valence electrons. The van der Waals surface area contributed by atoms with Crippen LogP contribution in [0.1, 0.15) is 33.2 Å². The summed E-state index contributed by atoms with van der Waals surface area (Å²) in [5, 5.41) is 4.35. The van der Waals surface area contributed by atoms with E-state index < -0.39 is 24.5 Å². The van der Waals surface area contributed by atoms with E-state index in [1.807, 2.05) is 19.1 Å². The molecule has 0 fully saturated rings.